The summed E-state index contributed by atoms with van der Waals surface area (Å²) in [5.41, 5.74) is 1.16. The Balaban J connectivity index is 1.74. The van der Waals surface area contributed by atoms with Gasteiger partial charge in [-0.15, -0.1) is 0 Å². The fourth-order valence-corrected chi connectivity index (χ4v) is 4.06. The van der Waals surface area contributed by atoms with Crippen LogP contribution in [-0.4, -0.2) is 29.3 Å². The van der Waals surface area contributed by atoms with Crippen LogP contribution in [0.25, 0.3) is 0 Å². The first-order valence-corrected chi connectivity index (χ1v) is 8.77. The van der Waals surface area contributed by atoms with E-state index in [4.69, 9.17) is 0 Å². The number of nitrogens with one attached hydrogen (secondary N) is 1. The molecule has 0 spiro atoms. The zero-order valence-corrected chi connectivity index (χ0v) is 13.0. The second-order valence-corrected chi connectivity index (χ2v) is 6.86. The summed E-state index contributed by atoms with van der Waals surface area (Å²) < 4.78 is 0. The highest BCUT2D eigenvalue weighted by molar-refractivity contribution is 7.07. The maximum atomic E-state index is 12.8. The van der Waals surface area contributed by atoms with Crippen molar-refractivity contribution in [1.29, 1.82) is 0 Å². The molecule has 1 atom stereocenters. The normalized spacial score (nSPS) is 24.8. The minimum absolute atomic E-state index is 0.0201. The molecule has 3 rings (SSSR count). The molecule has 1 saturated heterocycles. The van der Waals surface area contributed by atoms with Crippen molar-refractivity contribution in [2.75, 3.05) is 6.54 Å². The summed E-state index contributed by atoms with van der Waals surface area (Å²) >= 11 is 1.64. The van der Waals surface area contributed by atoms with Crippen molar-refractivity contribution in [2.45, 2.75) is 51.1 Å². The van der Waals surface area contributed by atoms with Gasteiger partial charge in [-0.05, 0) is 41.1 Å². The van der Waals surface area contributed by atoms with Crippen LogP contribution in [0.1, 0.15) is 44.1 Å². The quantitative estimate of drug-likeness (QED) is 0.933. The van der Waals surface area contributed by atoms with Gasteiger partial charge in [0.25, 0.3) is 0 Å². The zero-order chi connectivity index (χ0) is 14.7. The highest BCUT2D eigenvalue weighted by Gasteiger charge is 2.35. The van der Waals surface area contributed by atoms with Crippen LogP contribution in [0.4, 0.5) is 0 Å². The Morgan fingerprint density at radius 2 is 2.05 bits per heavy atom. The minimum atomic E-state index is -0.307. The number of amides is 2. The molecule has 1 aromatic heterocycles. The van der Waals surface area contributed by atoms with Crippen LogP contribution >= 0.6 is 11.3 Å². The third kappa shape index (κ3) is 3.46. The van der Waals surface area contributed by atoms with E-state index in [1.54, 1.807) is 11.3 Å². The average Bonchev–Trinajstić information content (AvgIpc) is 2.97. The maximum absolute atomic E-state index is 12.8. The van der Waals surface area contributed by atoms with E-state index in [2.05, 4.69) is 10.7 Å². The summed E-state index contributed by atoms with van der Waals surface area (Å²) in [6, 6.07) is 1.74. The van der Waals surface area contributed by atoms with Gasteiger partial charge in [0.2, 0.25) is 11.8 Å². The van der Waals surface area contributed by atoms with Crippen molar-refractivity contribution in [3.63, 3.8) is 0 Å². The number of hydrogen-bond acceptors (Lipinski definition) is 3. The van der Waals surface area contributed by atoms with Gasteiger partial charge in [0.05, 0.1) is 0 Å². The van der Waals surface area contributed by atoms with E-state index in [1.165, 1.54) is 19.3 Å². The molecule has 2 fully saturated rings. The second-order valence-electron chi connectivity index (χ2n) is 6.08. The van der Waals surface area contributed by atoms with E-state index >= 15 is 0 Å². The lowest BCUT2D eigenvalue weighted by Crippen LogP contribution is -2.49. The SMILES string of the molecule is O=C1CCN(Cc2ccsc2)C(=O)C(C2CCCCC2)N1. The van der Waals surface area contributed by atoms with E-state index in [9.17, 15) is 9.59 Å². The second kappa shape index (κ2) is 6.60. The minimum Gasteiger partial charge on any atom is -0.344 e. The summed E-state index contributed by atoms with van der Waals surface area (Å²) in [5, 5.41) is 7.08. The van der Waals surface area contributed by atoms with Crippen LogP contribution < -0.4 is 5.32 Å². The molecule has 2 heterocycles. The van der Waals surface area contributed by atoms with Crippen molar-refractivity contribution in [1.82, 2.24) is 10.2 Å². The molecule has 1 aromatic rings. The molecule has 1 aliphatic carbocycles. The van der Waals surface area contributed by atoms with Crippen LogP contribution in [-0.2, 0) is 16.1 Å². The Bertz CT molecular complexity index is 494. The number of nitrogens with zero attached hydrogens (tertiary/aromatic N) is 1. The van der Waals surface area contributed by atoms with E-state index in [0.29, 0.717) is 25.4 Å². The Hall–Kier alpha value is -1.36. The summed E-state index contributed by atoms with van der Waals surface area (Å²) in [7, 11) is 0. The number of thiophene rings is 1. The van der Waals surface area contributed by atoms with Crippen LogP contribution in [0.5, 0.6) is 0 Å². The fraction of sp³-hybridized carbons (Fsp3) is 0.625. The molecule has 4 nitrogen and oxygen atoms in total. The maximum Gasteiger partial charge on any atom is 0.245 e. The highest BCUT2D eigenvalue weighted by Crippen LogP contribution is 2.28. The van der Waals surface area contributed by atoms with Crippen molar-refractivity contribution in [3.05, 3.63) is 22.4 Å². The number of carbonyl (C=O) groups excluding carboxylic acids is 2. The summed E-state index contributed by atoms with van der Waals surface area (Å²) in [4.78, 5) is 26.6. The largest absolute Gasteiger partial charge is 0.344 e. The Kier molecular flexibility index (Phi) is 4.58. The lowest BCUT2D eigenvalue weighted by molar-refractivity contribution is -0.135. The van der Waals surface area contributed by atoms with Gasteiger partial charge in [-0.1, -0.05) is 19.3 Å². The van der Waals surface area contributed by atoms with Gasteiger partial charge < -0.3 is 10.2 Å². The molecular formula is C16H22N2O2S. The lowest BCUT2D eigenvalue weighted by atomic mass is 9.83. The van der Waals surface area contributed by atoms with E-state index < -0.39 is 0 Å². The molecule has 0 radical (unpaired) electrons. The smallest absolute Gasteiger partial charge is 0.245 e. The predicted octanol–water partition coefficient (Wildman–Crippen LogP) is 2.55. The number of rotatable bonds is 3. The molecular weight excluding hydrogens is 284 g/mol. The molecule has 2 aliphatic rings. The fourth-order valence-electron chi connectivity index (χ4n) is 3.40. The molecule has 1 saturated carbocycles. The van der Waals surface area contributed by atoms with E-state index in [0.717, 1.165) is 18.4 Å². The Labute approximate surface area is 129 Å². The molecule has 21 heavy (non-hydrogen) atoms. The van der Waals surface area contributed by atoms with Gasteiger partial charge in [0, 0.05) is 19.5 Å². The standard InChI is InChI=1S/C16H22N2O2S/c19-14-6-8-18(10-12-7-9-21-11-12)16(20)15(17-14)13-4-2-1-3-5-13/h7,9,11,13,15H,1-6,8,10H2,(H,17,19). The zero-order valence-electron chi connectivity index (χ0n) is 12.2. The van der Waals surface area contributed by atoms with Crippen molar-refractivity contribution < 1.29 is 9.59 Å². The first-order chi connectivity index (χ1) is 10.2. The van der Waals surface area contributed by atoms with Crippen LogP contribution in [0.3, 0.4) is 0 Å². The molecule has 1 N–H and O–H groups in total. The topological polar surface area (TPSA) is 49.4 Å². The summed E-state index contributed by atoms with van der Waals surface area (Å²) in [6.45, 7) is 1.16. The molecule has 2 amide bonds. The first-order valence-electron chi connectivity index (χ1n) is 7.83. The van der Waals surface area contributed by atoms with Crippen molar-refractivity contribution >= 4 is 23.2 Å². The predicted molar refractivity (Wildman–Crippen MR) is 82.9 cm³/mol. The average molecular weight is 306 g/mol. The Morgan fingerprint density at radius 1 is 1.24 bits per heavy atom. The molecule has 0 bridgehead atoms. The molecule has 114 valence electrons. The van der Waals surface area contributed by atoms with Crippen LogP contribution in [0, 0.1) is 5.92 Å². The molecule has 0 aromatic carbocycles. The van der Waals surface area contributed by atoms with Gasteiger partial charge >= 0.3 is 0 Å². The lowest BCUT2D eigenvalue weighted by Gasteiger charge is -2.31. The molecule has 5 heteroatoms. The van der Waals surface area contributed by atoms with Crippen molar-refractivity contribution in [2.24, 2.45) is 5.92 Å². The Morgan fingerprint density at radius 3 is 2.76 bits per heavy atom. The number of carbonyl (C=O) groups is 2. The summed E-state index contributed by atoms with van der Waals surface area (Å²) in [5.74, 6) is 0.448. The van der Waals surface area contributed by atoms with Crippen molar-refractivity contribution in [3.8, 4) is 0 Å². The third-order valence-corrected chi connectivity index (χ3v) is 5.31. The van der Waals surface area contributed by atoms with E-state index in [-0.39, 0.29) is 17.9 Å². The van der Waals surface area contributed by atoms with Crippen LogP contribution in [0.2, 0.25) is 0 Å². The third-order valence-electron chi connectivity index (χ3n) is 4.58. The van der Waals surface area contributed by atoms with Gasteiger partial charge in [0.15, 0.2) is 0 Å². The van der Waals surface area contributed by atoms with Crippen LogP contribution in [0.15, 0.2) is 16.8 Å². The number of hydrogen-bond donors (Lipinski definition) is 1. The first kappa shape index (κ1) is 14.6. The molecule has 1 unspecified atom stereocenters. The van der Waals surface area contributed by atoms with Gasteiger partial charge in [-0.25, -0.2) is 0 Å². The van der Waals surface area contributed by atoms with Gasteiger partial charge in [-0.2, -0.15) is 11.3 Å². The highest BCUT2D eigenvalue weighted by atomic mass is 32.1. The molecule has 1 aliphatic heterocycles. The van der Waals surface area contributed by atoms with Gasteiger partial charge in [0.1, 0.15) is 6.04 Å². The summed E-state index contributed by atoms with van der Waals surface area (Å²) in [6.07, 6.45) is 6.14. The van der Waals surface area contributed by atoms with Gasteiger partial charge in [-0.3, -0.25) is 9.59 Å². The monoisotopic (exact) mass is 306 g/mol. The van der Waals surface area contributed by atoms with E-state index in [1.807, 2.05) is 16.3 Å².